The molecular weight excluding hydrogens is 330 g/mol. The van der Waals surface area contributed by atoms with Crippen LogP contribution in [0.5, 0.6) is 11.5 Å². The van der Waals surface area contributed by atoms with Gasteiger partial charge in [-0.15, -0.1) is 0 Å². The molecule has 0 radical (unpaired) electrons. The van der Waals surface area contributed by atoms with Gasteiger partial charge < -0.3 is 19.1 Å². The topological polar surface area (TPSA) is 48.0 Å². The Balaban J connectivity index is 2.09. The third kappa shape index (κ3) is 5.49. The van der Waals surface area contributed by atoms with Gasteiger partial charge in [-0.05, 0) is 50.0 Å². The molecule has 144 valence electrons. The highest BCUT2D eigenvalue weighted by molar-refractivity contribution is 5.92. The Labute approximate surface area is 156 Å². The first-order valence-corrected chi connectivity index (χ1v) is 9.31. The maximum absolute atomic E-state index is 12.7. The van der Waals surface area contributed by atoms with Crippen LogP contribution in [-0.4, -0.2) is 49.8 Å². The third-order valence-corrected chi connectivity index (χ3v) is 4.29. The standard InChI is InChI=1S/C21H31NO4/c1-15(2)13-26-19-8-6-17(12-20(19)24-5)7-9-21(23)22(16(3)4)18-10-11-25-14-18/h6-9,12,15-16,18H,10-11,13-14H2,1-5H3. The lowest BCUT2D eigenvalue weighted by atomic mass is 10.1. The first-order valence-electron chi connectivity index (χ1n) is 9.31. The third-order valence-electron chi connectivity index (χ3n) is 4.29. The molecule has 0 saturated carbocycles. The van der Waals surface area contributed by atoms with Crippen LogP contribution in [0.4, 0.5) is 0 Å². The predicted octanol–water partition coefficient (Wildman–Crippen LogP) is 3.77. The summed E-state index contributed by atoms with van der Waals surface area (Å²) in [4.78, 5) is 14.6. The van der Waals surface area contributed by atoms with E-state index in [1.165, 1.54) is 0 Å². The molecule has 1 aliphatic rings. The van der Waals surface area contributed by atoms with Crippen LogP contribution in [0, 0.1) is 5.92 Å². The van der Waals surface area contributed by atoms with Gasteiger partial charge in [0.1, 0.15) is 0 Å². The van der Waals surface area contributed by atoms with E-state index in [2.05, 4.69) is 13.8 Å². The zero-order valence-electron chi connectivity index (χ0n) is 16.5. The Morgan fingerprint density at radius 3 is 2.65 bits per heavy atom. The van der Waals surface area contributed by atoms with E-state index in [0.29, 0.717) is 24.9 Å². The fraction of sp³-hybridized carbons (Fsp3) is 0.571. The first-order chi connectivity index (χ1) is 12.4. The van der Waals surface area contributed by atoms with Crippen molar-refractivity contribution in [3.05, 3.63) is 29.8 Å². The molecule has 2 rings (SSSR count). The van der Waals surface area contributed by atoms with Crippen molar-refractivity contribution in [3.8, 4) is 11.5 Å². The van der Waals surface area contributed by atoms with Crippen molar-refractivity contribution in [2.75, 3.05) is 26.9 Å². The molecule has 5 nitrogen and oxygen atoms in total. The molecule has 0 aliphatic carbocycles. The van der Waals surface area contributed by atoms with E-state index in [-0.39, 0.29) is 18.0 Å². The summed E-state index contributed by atoms with van der Waals surface area (Å²) in [5.41, 5.74) is 0.901. The lowest BCUT2D eigenvalue weighted by Gasteiger charge is -2.30. The average molecular weight is 361 g/mol. The molecule has 1 aliphatic heterocycles. The van der Waals surface area contributed by atoms with Gasteiger partial charge >= 0.3 is 0 Å². The monoisotopic (exact) mass is 361 g/mol. The number of hydrogen-bond donors (Lipinski definition) is 0. The predicted molar refractivity (Wildman–Crippen MR) is 104 cm³/mol. The van der Waals surface area contributed by atoms with Gasteiger partial charge in [0.15, 0.2) is 11.5 Å². The highest BCUT2D eigenvalue weighted by atomic mass is 16.5. The van der Waals surface area contributed by atoms with Crippen molar-refractivity contribution in [2.24, 2.45) is 5.92 Å². The van der Waals surface area contributed by atoms with Crippen molar-refractivity contribution in [2.45, 2.75) is 46.2 Å². The van der Waals surface area contributed by atoms with E-state index < -0.39 is 0 Å². The number of carbonyl (C=O) groups is 1. The quantitative estimate of drug-likeness (QED) is 0.661. The van der Waals surface area contributed by atoms with Crippen LogP contribution in [0.25, 0.3) is 6.08 Å². The van der Waals surface area contributed by atoms with Crippen LogP contribution >= 0.6 is 0 Å². The van der Waals surface area contributed by atoms with Crippen molar-refractivity contribution < 1.29 is 19.0 Å². The Kier molecular flexibility index (Phi) is 7.51. The van der Waals surface area contributed by atoms with Crippen LogP contribution in [0.15, 0.2) is 24.3 Å². The summed E-state index contributed by atoms with van der Waals surface area (Å²) >= 11 is 0. The highest BCUT2D eigenvalue weighted by Gasteiger charge is 2.28. The molecule has 1 unspecified atom stereocenters. The zero-order valence-corrected chi connectivity index (χ0v) is 16.5. The number of carbonyl (C=O) groups excluding carboxylic acids is 1. The molecule has 1 heterocycles. The van der Waals surface area contributed by atoms with Gasteiger partial charge in [-0.1, -0.05) is 19.9 Å². The molecule has 0 aromatic heterocycles. The largest absolute Gasteiger partial charge is 0.493 e. The zero-order chi connectivity index (χ0) is 19.1. The number of benzene rings is 1. The van der Waals surface area contributed by atoms with Gasteiger partial charge in [-0.2, -0.15) is 0 Å². The van der Waals surface area contributed by atoms with Crippen LogP contribution < -0.4 is 9.47 Å². The summed E-state index contributed by atoms with van der Waals surface area (Å²) in [5.74, 6) is 1.84. The number of nitrogens with zero attached hydrogens (tertiary/aromatic N) is 1. The van der Waals surface area contributed by atoms with Gasteiger partial charge in [0.05, 0.1) is 26.4 Å². The Bertz CT molecular complexity index is 618. The Hall–Kier alpha value is -2.01. The van der Waals surface area contributed by atoms with Crippen LogP contribution in [0.2, 0.25) is 0 Å². The molecule has 1 atom stereocenters. The van der Waals surface area contributed by atoms with E-state index in [0.717, 1.165) is 24.3 Å². The number of ether oxygens (including phenoxy) is 3. The van der Waals surface area contributed by atoms with E-state index >= 15 is 0 Å². The normalized spacial score (nSPS) is 17.3. The summed E-state index contributed by atoms with van der Waals surface area (Å²) in [6.07, 6.45) is 4.34. The molecule has 1 amide bonds. The average Bonchev–Trinajstić information content (AvgIpc) is 3.12. The van der Waals surface area contributed by atoms with Gasteiger partial charge in [0.25, 0.3) is 0 Å². The lowest BCUT2D eigenvalue weighted by molar-refractivity contribution is -0.130. The molecule has 0 bridgehead atoms. The molecule has 26 heavy (non-hydrogen) atoms. The summed E-state index contributed by atoms with van der Waals surface area (Å²) in [7, 11) is 1.62. The van der Waals surface area contributed by atoms with Gasteiger partial charge in [-0.3, -0.25) is 4.79 Å². The molecule has 0 spiro atoms. The smallest absolute Gasteiger partial charge is 0.247 e. The van der Waals surface area contributed by atoms with Crippen molar-refractivity contribution in [1.29, 1.82) is 0 Å². The molecule has 1 fully saturated rings. The molecule has 0 N–H and O–H groups in total. The summed E-state index contributed by atoms with van der Waals surface area (Å²) < 4.78 is 16.6. The maximum atomic E-state index is 12.7. The van der Waals surface area contributed by atoms with Crippen LogP contribution in [-0.2, 0) is 9.53 Å². The summed E-state index contributed by atoms with van der Waals surface area (Å²) in [6.45, 7) is 10.3. The SMILES string of the molecule is COc1cc(C=CC(=O)N(C(C)C)C2CCOC2)ccc1OCC(C)C. The highest BCUT2D eigenvalue weighted by Crippen LogP contribution is 2.29. The number of methoxy groups -OCH3 is 1. The fourth-order valence-corrected chi connectivity index (χ4v) is 3.01. The minimum absolute atomic E-state index is 0.00889. The van der Waals surface area contributed by atoms with Gasteiger partial charge in [0.2, 0.25) is 5.91 Å². The van der Waals surface area contributed by atoms with Crippen LogP contribution in [0.3, 0.4) is 0 Å². The maximum Gasteiger partial charge on any atom is 0.247 e. The second-order valence-electron chi connectivity index (χ2n) is 7.31. The van der Waals surface area contributed by atoms with E-state index in [9.17, 15) is 4.79 Å². The fourth-order valence-electron chi connectivity index (χ4n) is 3.01. The number of hydrogen-bond acceptors (Lipinski definition) is 4. The lowest BCUT2D eigenvalue weighted by Crippen LogP contribution is -2.44. The molecule has 5 heteroatoms. The van der Waals surface area contributed by atoms with Crippen molar-refractivity contribution in [3.63, 3.8) is 0 Å². The molecule has 1 aromatic rings. The summed E-state index contributed by atoms with van der Waals surface area (Å²) in [6, 6.07) is 6.00. The number of rotatable bonds is 8. The minimum atomic E-state index is 0.00889. The second-order valence-corrected chi connectivity index (χ2v) is 7.31. The molecular formula is C21H31NO4. The van der Waals surface area contributed by atoms with E-state index in [1.807, 2.05) is 43.0 Å². The van der Waals surface area contributed by atoms with Crippen LogP contribution in [0.1, 0.15) is 39.7 Å². The van der Waals surface area contributed by atoms with Gasteiger partial charge in [0, 0.05) is 18.7 Å². The number of amides is 1. The molecule has 1 saturated heterocycles. The summed E-state index contributed by atoms with van der Waals surface area (Å²) in [5, 5.41) is 0. The van der Waals surface area contributed by atoms with E-state index in [4.69, 9.17) is 14.2 Å². The minimum Gasteiger partial charge on any atom is -0.493 e. The van der Waals surface area contributed by atoms with Gasteiger partial charge in [-0.25, -0.2) is 0 Å². The van der Waals surface area contributed by atoms with Crippen molar-refractivity contribution in [1.82, 2.24) is 4.90 Å². The first kappa shape index (κ1) is 20.3. The van der Waals surface area contributed by atoms with E-state index in [1.54, 1.807) is 13.2 Å². The van der Waals surface area contributed by atoms with Crippen molar-refractivity contribution >= 4 is 12.0 Å². The Morgan fingerprint density at radius 1 is 1.31 bits per heavy atom. The Morgan fingerprint density at radius 2 is 2.08 bits per heavy atom. The second kappa shape index (κ2) is 9.62. The molecule has 1 aromatic carbocycles.